The summed E-state index contributed by atoms with van der Waals surface area (Å²) in [6.07, 6.45) is 6.36. The van der Waals surface area contributed by atoms with Crippen LogP contribution in [0, 0.1) is 0 Å². The molecule has 132 valence electrons. The van der Waals surface area contributed by atoms with Crippen LogP contribution >= 0.6 is 11.6 Å². The van der Waals surface area contributed by atoms with Crippen molar-refractivity contribution in [2.45, 2.75) is 44.7 Å². The van der Waals surface area contributed by atoms with E-state index in [-0.39, 0.29) is 18.2 Å². The van der Waals surface area contributed by atoms with Gasteiger partial charge in [0.05, 0.1) is 6.54 Å². The maximum absolute atomic E-state index is 12.6. The number of hydrogen-bond donors (Lipinski definition) is 2. The molecule has 0 saturated heterocycles. The molecule has 1 amide bonds. The molecule has 1 aromatic carbocycles. The summed E-state index contributed by atoms with van der Waals surface area (Å²) in [7, 11) is 0. The van der Waals surface area contributed by atoms with Gasteiger partial charge in [0.15, 0.2) is 0 Å². The topological polar surface area (TPSA) is 84.0 Å². The molecule has 0 aliphatic heterocycles. The number of halogens is 1. The molecule has 0 spiro atoms. The minimum absolute atomic E-state index is 0.0123. The monoisotopic (exact) mass is 361 g/mol. The predicted octanol–water partition coefficient (Wildman–Crippen LogP) is 2.30. The first-order chi connectivity index (χ1) is 12.1. The van der Waals surface area contributed by atoms with Crippen molar-refractivity contribution < 1.29 is 4.79 Å². The van der Waals surface area contributed by atoms with Crippen molar-refractivity contribution in [2.24, 2.45) is 0 Å². The molecule has 1 heterocycles. The number of hydrogen-bond acceptors (Lipinski definition) is 3. The number of nitrogens with one attached hydrogen (secondary N) is 2. The van der Waals surface area contributed by atoms with Crippen LogP contribution in [0.25, 0.3) is 0 Å². The highest BCUT2D eigenvalue weighted by Gasteiger charge is 2.20. The second-order valence-electron chi connectivity index (χ2n) is 6.30. The molecule has 0 bridgehead atoms. The van der Waals surface area contributed by atoms with Crippen LogP contribution in [-0.4, -0.2) is 21.5 Å². The third kappa shape index (κ3) is 4.02. The van der Waals surface area contributed by atoms with E-state index >= 15 is 0 Å². The molecule has 3 rings (SSSR count). The van der Waals surface area contributed by atoms with Gasteiger partial charge in [-0.25, -0.2) is 4.79 Å². The molecule has 6 nitrogen and oxygen atoms in total. The van der Waals surface area contributed by atoms with Crippen molar-refractivity contribution in [1.29, 1.82) is 0 Å². The Bertz CT molecular complexity index is 882. The second-order valence-corrected chi connectivity index (χ2v) is 6.71. The number of benzene rings is 1. The molecule has 0 atom stereocenters. The van der Waals surface area contributed by atoms with Crippen molar-refractivity contribution in [3.63, 3.8) is 0 Å². The molecule has 2 aromatic rings. The third-order valence-corrected chi connectivity index (χ3v) is 4.90. The summed E-state index contributed by atoms with van der Waals surface area (Å²) in [5, 5.41) is 3.36. The standard InChI is InChI=1S/C18H20ClN3O3/c19-15-9-5-4-6-12(15)11-22-17(24)14(10-20-18(22)25)16(23)21-13-7-2-1-3-8-13/h4-6,9-10,13H,1-3,7-8,11H2,(H,20,25)(H,21,23). The van der Waals surface area contributed by atoms with E-state index in [1.807, 2.05) is 0 Å². The molecule has 0 radical (unpaired) electrons. The maximum atomic E-state index is 12.6. The van der Waals surface area contributed by atoms with Crippen LogP contribution in [0.15, 0.2) is 40.1 Å². The lowest BCUT2D eigenvalue weighted by Crippen LogP contribution is -2.43. The smallest absolute Gasteiger partial charge is 0.328 e. The van der Waals surface area contributed by atoms with Gasteiger partial charge in [0.2, 0.25) is 0 Å². The van der Waals surface area contributed by atoms with Gasteiger partial charge in [0.25, 0.3) is 11.5 Å². The van der Waals surface area contributed by atoms with Crippen LogP contribution in [0.4, 0.5) is 0 Å². The number of carbonyl (C=O) groups excluding carboxylic acids is 1. The zero-order valence-corrected chi connectivity index (χ0v) is 14.5. The Balaban J connectivity index is 1.87. The first kappa shape index (κ1) is 17.5. The molecule has 1 saturated carbocycles. The van der Waals surface area contributed by atoms with E-state index in [9.17, 15) is 14.4 Å². The number of H-pyrrole nitrogens is 1. The SMILES string of the molecule is O=C(NC1CCCCC1)c1c[nH]c(=O)n(Cc2ccccc2Cl)c1=O. The average molecular weight is 362 g/mol. The van der Waals surface area contributed by atoms with Gasteiger partial charge in [-0.05, 0) is 24.5 Å². The Morgan fingerprint density at radius 1 is 1.20 bits per heavy atom. The fraction of sp³-hybridized carbons (Fsp3) is 0.389. The average Bonchev–Trinajstić information content (AvgIpc) is 2.61. The summed E-state index contributed by atoms with van der Waals surface area (Å²) in [4.78, 5) is 39.6. The van der Waals surface area contributed by atoms with Gasteiger partial charge < -0.3 is 10.3 Å². The minimum Gasteiger partial charge on any atom is -0.349 e. The van der Waals surface area contributed by atoms with Crippen LogP contribution in [-0.2, 0) is 6.54 Å². The fourth-order valence-corrected chi connectivity index (χ4v) is 3.32. The van der Waals surface area contributed by atoms with Gasteiger partial charge in [-0.2, -0.15) is 0 Å². The number of aromatic nitrogens is 2. The Hall–Kier alpha value is -2.34. The number of carbonyl (C=O) groups is 1. The molecule has 1 fully saturated rings. The van der Waals surface area contributed by atoms with Crippen molar-refractivity contribution in [3.8, 4) is 0 Å². The van der Waals surface area contributed by atoms with Gasteiger partial charge in [0, 0.05) is 17.3 Å². The predicted molar refractivity (Wildman–Crippen MR) is 96.2 cm³/mol. The van der Waals surface area contributed by atoms with E-state index in [2.05, 4.69) is 10.3 Å². The molecule has 2 N–H and O–H groups in total. The highest BCUT2D eigenvalue weighted by Crippen LogP contribution is 2.17. The zero-order chi connectivity index (χ0) is 17.8. The number of nitrogens with zero attached hydrogens (tertiary/aromatic N) is 1. The molecule has 1 aliphatic carbocycles. The van der Waals surface area contributed by atoms with Crippen molar-refractivity contribution in [1.82, 2.24) is 14.9 Å². The first-order valence-electron chi connectivity index (χ1n) is 8.43. The van der Waals surface area contributed by atoms with E-state index < -0.39 is 17.2 Å². The summed E-state index contributed by atoms with van der Waals surface area (Å²) in [6, 6.07) is 7.07. The molecule has 25 heavy (non-hydrogen) atoms. The molecule has 7 heteroatoms. The highest BCUT2D eigenvalue weighted by molar-refractivity contribution is 6.31. The Morgan fingerprint density at radius 3 is 2.64 bits per heavy atom. The lowest BCUT2D eigenvalue weighted by atomic mass is 9.95. The van der Waals surface area contributed by atoms with Crippen LogP contribution in [0.2, 0.25) is 5.02 Å². The number of rotatable bonds is 4. The quantitative estimate of drug-likeness (QED) is 0.876. The van der Waals surface area contributed by atoms with Gasteiger partial charge in [-0.1, -0.05) is 49.1 Å². The van der Waals surface area contributed by atoms with Crippen LogP contribution in [0.3, 0.4) is 0 Å². The highest BCUT2D eigenvalue weighted by atomic mass is 35.5. The lowest BCUT2D eigenvalue weighted by molar-refractivity contribution is 0.0925. The normalized spacial score (nSPS) is 15.1. The third-order valence-electron chi connectivity index (χ3n) is 4.53. The molecule has 0 unspecified atom stereocenters. The van der Waals surface area contributed by atoms with Crippen molar-refractivity contribution in [2.75, 3.05) is 0 Å². The number of amides is 1. The van der Waals surface area contributed by atoms with E-state index in [0.717, 1.165) is 30.3 Å². The van der Waals surface area contributed by atoms with E-state index in [1.165, 1.54) is 12.6 Å². The van der Waals surface area contributed by atoms with Crippen molar-refractivity contribution in [3.05, 3.63) is 67.4 Å². The Kier molecular flexibility index (Phi) is 5.38. The first-order valence-corrected chi connectivity index (χ1v) is 8.81. The van der Waals surface area contributed by atoms with Gasteiger partial charge in [0.1, 0.15) is 5.56 Å². The molecule has 1 aromatic heterocycles. The largest absolute Gasteiger partial charge is 0.349 e. The maximum Gasteiger partial charge on any atom is 0.328 e. The Labute approximate surface area is 149 Å². The van der Waals surface area contributed by atoms with Crippen molar-refractivity contribution >= 4 is 17.5 Å². The summed E-state index contributed by atoms with van der Waals surface area (Å²) in [5.74, 6) is -0.443. The Morgan fingerprint density at radius 2 is 1.92 bits per heavy atom. The van der Waals surface area contributed by atoms with E-state index in [0.29, 0.717) is 10.6 Å². The zero-order valence-electron chi connectivity index (χ0n) is 13.8. The minimum atomic E-state index is -0.614. The van der Waals surface area contributed by atoms with Gasteiger partial charge in [-0.15, -0.1) is 0 Å². The van der Waals surface area contributed by atoms with Crippen LogP contribution in [0.1, 0.15) is 48.0 Å². The molecular weight excluding hydrogens is 342 g/mol. The van der Waals surface area contributed by atoms with E-state index in [1.54, 1.807) is 24.3 Å². The summed E-state index contributed by atoms with van der Waals surface area (Å²) < 4.78 is 0.997. The van der Waals surface area contributed by atoms with E-state index in [4.69, 9.17) is 11.6 Å². The molecule has 1 aliphatic rings. The van der Waals surface area contributed by atoms with Gasteiger partial charge in [-0.3, -0.25) is 14.2 Å². The van der Waals surface area contributed by atoms with Gasteiger partial charge >= 0.3 is 5.69 Å². The number of aromatic amines is 1. The summed E-state index contributed by atoms with van der Waals surface area (Å²) >= 11 is 6.10. The second kappa shape index (κ2) is 7.70. The summed E-state index contributed by atoms with van der Waals surface area (Å²) in [5.41, 5.74) is -0.602. The lowest BCUT2D eigenvalue weighted by Gasteiger charge is -2.22. The molecular formula is C18H20ClN3O3. The van der Waals surface area contributed by atoms with Crippen LogP contribution < -0.4 is 16.6 Å². The van der Waals surface area contributed by atoms with Crippen LogP contribution in [0.5, 0.6) is 0 Å². The fourth-order valence-electron chi connectivity index (χ4n) is 3.12. The summed E-state index contributed by atoms with van der Waals surface area (Å²) in [6.45, 7) is 0.0123.